The van der Waals surface area contributed by atoms with Crippen molar-refractivity contribution < 1.29 is 4.79 Å². The van der Waals surface area contributed by atoms with Gasteiger partial charge in [0.25, 0.3) is 0 Å². The van der Waals surface area contributed by atoms with E-state index in [-0.39, 0.29) is 6.03 Å². The minimum absolute atomic E-state index is 0.131. The number of carbonyl (C=O) groups is 1. The van der Waals surface area contributed by atoms with E-state index in [1.807, 2.05) is 34.1 Å². The molecule has 1 aromatic carbocycles. The summed E-state index contributed by atoms with van der Waals surface area (Å²) < 4.78 is 0. The third-order valence-electron chi connectivity index (χ3n) is 3.51. The highest BCUT2D eigenvalue weighted by Crippen LogP contribution is 2.20. The van der Waals surface area contributed by atoms with Crippen LogP contribution in [0.4, 0.5) is 16.2 Å². The van der Waals surface area contributed by atoms with E-state index in [1.165, 1.54) is 6.42 Å². The fourth-order valence-electron chi connectivity index (χ4n) is 2.47. The summed E-state index contributed by atoms with van der Waals surface area (Å²) in [4.78, 5) is 16.4. The van der Waals surface area contributed by atoms with Gasteiger partial charge in [0.2, 0.25) is 0 Å². The number of nitrogens with two attached hydrogens (primary N) is 1. The molecular weight excluding hydrogens is 238 g/mol. The van der Waals surface area contributed by atoms with E-state index in [9.17, 15) is 4.79 Å². The fourth-order valence-corrected chi connectivity index (χ4v) is 2.47. The molecule has 2 N–H and O–H groups in total. The third-order valence-corrected chi connectivity index (χ3v) is 3.51. The lowest BCUT2D eigenvalue weighted by atomic mass is 10.1. The van der Waals surface area contributed by atoms with E-state index in [0.717, 1.165) is 50.3 Å². The van der Waals surface area contributed by atoms with Crippen molar-refractivity contribution in [1.29, 1.82) is 0 Å². The molecule has 0 bridgehead atoms. The smallest absolute Gasteiger partial charge is 0.324 e. The molecular formula is C15H23N3O. The van der Waals surface area contributed by atoms with Crippen molar-refractivity contribution in [3.05, 3.63) is 24.3 Å². The summed E-state index contributed by atoms with van der Waals surface area (Å²) in [6.45, 7) is 4.61. The average molecular weight is 261 g/mol. The number of benzene rings is 1. The van der Waals surface area contributed by atoms with Crippen molar-refractivity contribution in [2.75, 3.05) is 30.3 Å². The summed E-state index contributed by atoms with van der Waals surface area (Å²) in [5.41, 5.74) is 7.37. The molecule has 0 unspecified atom stereocenters. The highest BCUT2D eigenvalue weighted by Gasteiger charge is 2.23. The molecule has 0 atom stereocenters. The number of nitrogens with zero attached hydrogens (tertiary/aromatic N) is 2. The first-order chi connectivity index (χ1) is 9.22. The van der Waals surface area contributed by atoms with Gasteiger partial charge in [-0.2, -0.15) is 0 Å². The van der Waals surface area contributed by atoms with Crippen molar-refractivity contribution in [1.82, 2.24) is 4.90 Å². The fraction of sp³-hybridized carbons (Fsp3) is 0.533. The highest BCUT2D eigenvalue weighted by molar-refractivity contribution is 5.92. The lowest BCUT2D eigenvalue weighted by molar-refractivity contribution is 0.193. The zero-order chi connectivity index (χ0) is 13.7. The third kappa shape index (κ3) is 3.40. The Balaban J connectivity index is 2.14. The van der Waals surface area contributed by atoms with Gasteiger partial charge in [-0.25, -0.2) is 4.79 Å². The Morgan fingerprint density at radius 1 is 1.21 bits per heavy atom. The van der Waals surface area contributed by atoms with Crippen LogP contribution in [0.2, 0.25) is 0 Å². The monoisotopic (exact) mass is 261 g/mol. The summed E-state index contributed by atoms with van der Waals surface area (Å²) in [6, 6.07) is 7.68. The maximum atomic E-state index is 12.6. The molecule has 1 aliphatic rings. The van der Waals surface area contributed by atoms with Crippen LogP contribution in [0.5, 0.6) is 0 Å². The van der Waals surface area contributed by atoms with E-state index in [2.05, 4.69) is 6.92 Å². The van der Waals surface area contributed by atoms with Crippen molar-refractivity contribution in [3.8, 4) is 0 Å². The van der Waals surface area contributed by atoms with Crippen molar-refractivity contribution >= 4 is 17.4 Å². The molecule has 19 heavy (non-hydrogen) atoms. The summed E-state index contributed by atoms with van der Waals surface area (Å²) in [5.74, 6) is 0. The second-order valence-electron chi connectivity index (χ2n) is 5.07. The molecule has 104 valence electrons. The van der Waals surface area contributed by atoms with Gasteiger partial charge in [-0.3, -0.25) is 4.90 Å². The highest BCUT2D eigenvalue weighted by atomic mass is 16.2. The van der Waals surface area contributed by atoms with Crippen LogP contribution in [0.3, 0.4) is 0 Å². The standard InChI is InChI=1S/C15H23N3O/c1-2-10-18(14-8-6-13(16)7-9-14)15(19)17-11-4-3-5-12-17/h6-9H,2-5,10-12,16H2,1H3. The molecule has 4 heteroatoms. The van der Waals surface area contributed by atoms with Gasteiger partial charge in [-0.1, -0.05) is 6.92 Å². The molecule has 0 aliphatic carbocycles. The Morgan fingerprint density at radius 2 is 1.84 bits per heavy atom. The number of nitrogen functional groups attached to an aromatic ring is 1. The molecule has 0 radical (unpaired) electrons. The van der Waals surface area contributed by atoms with Crippen LogP contribution >= 0.6 is 0 Å². The number of hydrogen-bond donors (Lipinski definition) is 1. The van der Waals surface area contributed by atoms with E-state index in [0.29, 0.717) is 0 Å². The number of rotatable bonds is 3. The van der Waals surface area contributed by atoms with Gasteiger partial charge in [0, 0.05) is 31.0 Å². The number of hydrogen-bond acceptors (Lipinski definition) is 2. The largest absolute Gasteiger partial charge is 0.399 e. The van der Waals surface area contributed by atoms with Gasteiger partial charge in [0.05, 0.1) is 0 Å². The Hall–Kier alpha value is -1.71. The van der Waals surface area contributed by atoms with Crippen LogP contribution in [0.1, 0.15) is 32.6 Å². The van der Waals surface area contributed by atoms with Crippen LogP contribution in [0, 0.1) is 0 Å². The molecule has 2 amide bonds. The number of carbonyl (C=O) groups excluding carboxylic acids is 1. The Morgan fingerprint density at radius 3 is 2.42 bits per heavy atom. The molecule has 0 spiro atoms. The minimum Gasteiger partial charge on any atom is -0.399 e. The number of likely N-dealkylation sites (tertiary alicyclic amines) is 1. The lowest BCUT2D eigenvalue weighted by Gasteiger charge is -2.33. The van der Waals surface area contributed by atoms with Gasteiger partial charge >= 0.3 is 6.03 Å². The summed E-state index contributed by atoms with van der Waals surface area (Å²) in [6.07, 6.45) is 4.42. The SMILES string of the molecule is CCCN(C(=O)N1CCCCC1)c1ccc(N)cc1. The van der Waals surface area contributed by atoms with Crippen LogP contribution in [-0.4, -0.2) is 30.6 Å². The zero-order valence-electron chi connectivity index (χ0n) is 11.6. The minimum atomic E-state index is 0.131. The molecule has 1 heterocycles. The quantitative estimate of drug-likeness (QED) is 0.850. The number of piperidine rings is 1. The molecule has 2 rings (SSSR count). The summed E-state index contributed by atoms with van der Waals surface area (Å²) in [5, 5.41) is 0. The van der Waals surface area contributed by atoms with Gasteiger partial charge in [0.1, 0.15) is 0 Å². The number of anilines is 2. The first-order valence-corrected chi connectivity index (χ1v) is 7.14. The second-order valence-corrected chi connectivity index (χ2v) is 5.07. The first kappa shape index (κ1) is 13.7. The van der Waals surface area contributed by atoms with Gasteiger partial charge in [-0.15, -0.1) is 0 Å². The Bertz CT molecular complexity index is 410. The lowest BCUT2D eigenvalue weighted by Crippen LogP contribution is -2.46. The topological polar surface area (TPSA) is 49.6 Å². The predicted molar refractivity (Wildman–Crippen MR) is 79.3 cm³/mol. The van der Waals surface area contributed by atoms with E-state index in [1.54, 1.807) is 0 Å². The van der Waals surface area contributed by atoms with Gasteiger partial charge < -0.3 is 10.6 Å². The number of amides is 2. The van der Waals surface area contributed by atoms with Crippen molar-refractivity contribution in [2.24, 2.45) is 0 Å². The normalized spacial score (nSPS) is 15.3. The Labute approximate surface area is 115 Å². The molecule has 1 aliphatic heterocycles. The van der Waals surface area contributed by atoms with E-state index >= 15 is 0 Å². The second kappa shape index (κ2) is 6.45. The van der Waals surface area contributed by atoms with Gasteiger partial charge in [-0.05, 0) is 49.9 Å². The predicted octanol–water partition coefficient (Wildman–Crippen LogP) is 3.09. The molecule has 0 aromatic heterocycles. The van der Waals surface area contributed by atoms with Crippen LogP contribution < -0.4 is 10.6 Å². The zero-order valence-corrected chi connectivity index (χ0v) is 11.6. The molecule has 1 aromatic rings. The van der Waals surface area contributed by atoms with E-state index < -0.39 is 0 Å². The van der Waals surface area contributed by atoms with Crippen LogP contribution in [0.25, 0.3) is 0 Å². The molecule has 1 fully saturated rings. The van der Waals surface area contributed by atoms with Crippen LogP contribution in [0.15, 0.2) is 24.3 Å². The molecule has 0 saturated carbocycles. The maximum absolute atomic E-state index is 12.6. The molecule has 4 nitrogen and oxygen atoms in total. The Kier molecular flexibility index (Phi) is 4.66. The summed E-state index contributed by atoms with van der Waals surface area (Å²) >= 11 is 0. The van der Waals surface area contributed by atoms with Crippen LogP contribution in [-0.2, 0) is 0 Å². The molecule has 1 saturated heterocycles. The maximum Gasteiger partial charge on any atom is 0.324 e. The van der Waals surface area contributed by atoms with E-state index in [4.69, 9.17) is 5.73 Å². The van der Waals surface area contributed by atoms with Crippen molar-refractivity contribution in [2.45, 2.75) is 32.6 Å². The average Bonchev–Trinajstić information content (AvgIpc) is 2.46. The first-order valence-electron chi connectivity index (χ1n) is 7.14. The number of urea groups is 1. The summed E-state index contributed by atoms with van der Waals surface area (Å²) in [7, 11) is 0. The van der Waals surface area contributed by atoms with Crippen molar-refractivity contribution in [3.63, 3.8) is 0 Å². The van der Waals surface area contributed by atoms with Gasteiger partial charge in [0.15, 0.2) is 0 Å².